The number of hydrogen-bond acceptors (Lipinski definition) is 3. The van der Waals surface area contributed by atoms with Gasteiger partial charge in [0.25, 0.3) is 0 Å². The van der Waals surface area contributed by atoms with Crippen LogP contribution in [-0.2, 0) is 4.79 Å². The molecule has 0 spiro atoms. The monoisotopic (exact) mass is 159 g/mol. The van der Waals surface area contributed by atoms with Gasteiger partial charge in [-0.1, -0.05) is 0 Å². The Balaban J connectivity index is 2.37. The molecule has 1 rings (SSSR count). The predicted octanol–water partition coefficient (Wildman–Crippen LogP) is 0.831. The van der Waals surface area contributed by atoms with Crippen LogP contribution in [0.4, 0.5) is 0 Å². The first-order valence-corrected chi connectivity index (χ1v) is 4.21. The highest BCUT2D eigenvalue weighted by atomic mass is 32.1. The van der Waals surface area contributed by atoms with E-state index in [2.05, 4.69) is 17.9 Å². The van der Waals surface area contributed by atoms with E-state index in [9.17, 15) is 4.79 Å². The molecule has 2 atom stereocenters. The van der Waals surface area contributed by atoms with Crippen molar-refractivity contribution in [3.63, 3.8) is 0 Å². The minimum atomic E-state index is 0.220. The molecule has 1 N–H and O–H groups in total. The Labute approximate surface area is 66.8 Å². The van der Waals surface area contributed by atoms with Gasteiger partial charge in [-0.3, -0.25) is 0 Å². The average molecular weight is 159 g/mol. The molecule has 1 fully saturated rings. The van der Waals surface area contributed by atoms with E-state index in [4.69, 9.17) is 0 Å². The normalized spacial score (nSPS) is 34.9. The molecule has 1 heterocycles. The zero-order valence-electron chi connectivity index (χ0n) is 5.92. The molecule has 2 unspecified atom stereocenters. The van der Waals surface area contributed by atoms with E-state index in [0.717, 1.165) is 32.1 Å². The SMILES string of the molecule is O=CC1CCCNC(S)C1. The maximum Gasteiger partial charge on any atom is 0.123 e. The van der Waals surface area contributed by atoms with Gasteiger partial charge in [0.1, 0.15) is 6.29 Å². The van der Waals surface area contributed by atoms with Crippen LogP contribution < -0.4 is 5.32 Å². The van der Waals surface area contributed by atoms with Crippen molar-refractivity contribution in [2.24, 2.45) is 5.92 Å². The van der Waals surface area contributed by atoms with Crippen LogP contribution in [0.2, 0.25) is 0 Å². The summed E-state index contributed by atoms with van der Waals surface area (Å²) in [6.07, 6.45) is 4.05. The summed E-state index contributed by atoms with van der Waals surface area (Å²) in [5, 5.41) is 3.43. The Hall–Kier alpha value is -0.0200. The van der Waals surface area contributed by atoms with Gasteiger partial charge >= 0.3 is 0 Å². The summed E-state index contributed by atoms with van der Waals surface area (Å²) in [4.78, 5) is 10.4. The molecule has 0 saturated carbocycles. The van der Waals surface area contributed by atoms with Gasteiger partial charge in [-0.05, 0) is 25.8 Å². The fourth-order valence-electron chi connectivity index (χ4n) is 1.24. The van der Waals surface area contributed by atoms with Crippen LogP contribution >= 0.6 is 12.6 Å². The molecular formula is C7H13NOS. The number of carbonyl (C=O) groups is 1. The van der Waals surface area contributed by atoms with Crippen molar-refractivity contribution in [2.45, 2.75) is 24.6 Å². The zero-order valence-corrected chi connectivity index (χ0v) is 6.81. The summed E-state index contributed by atoms with van der Waals surface area (Å²) in [5.41, 5.74) is 0. The Kier molecular flexibility index (Phi) is 3.22. The highest BCUT2D eigenvalue weighted by Crippen LogP contribution is 2.16. The fraction of sp³-hybridized carbons (Fsp3) is 0.857. The molecule has 1 saturated heterocycles. The van der Waals surface area contributed by atoms with Crippen LogP contribution in [0.15, 0.2) is 0 Å². The van der Waals surface area contributed by atoms with E-state index in [-0.39, 0.29) is 11.3 Å². The van der Waals surface area contributed by atoms with Gasteiger partial charge in [-0.2, -0.15) is 12.6 Å². The van der Waals surface area contributed by atoms with Gasteiger partial charge in [0.15, 0.2) is 0 Å². The van der Waals surface area contributed by atoms with E-state index in [0.29, 0.717) is 0 Å². The summed E-state index contributed by atoms with van der Waals surface area (Å²) < 4.78 is 0. The highest BCUT2D eigenvalue weighted by molar-refractivity contribution is 7.80. The smallest absolute Gasteiger partial charge is 0.123 e. The molecular weight excluding hydrogens is 146 g/mol. The molecule has 0 aromatic rings. The molecule has 0 aliphatic carbocycles. The van der Waals surface area contributed by atoms with E-state index in [1.165, 1.54) is 0 Å². The van der Waals surface area contributed by atoms with Crippen molar-refractivity contribution in [3.8, 4) is 0 Å². The Bertz CT molecular complexity index is 118. The van der Waals surface area contributed by atoms with Gasteiger partial charge < -0.3 is 10.1 Å². The van der Waals surface area contributed by atoms with Gasteiger partial charge in [-0.25, -0.2) is 0 Å². The van der Waals surface area contributed by atoms with Crippen molar-refractivity contribution in [2.75, 3.05) is 6.54 Å². The predicted molar refractivity (Wildman–Crippen MR) is 44.2 cm³/mol. The maximum absolute atomic E-state index is 10.4. The number of thiol groups is 1. The minimum absolute atomic E-state index is 0.220. The minimum Gasteiger partial charge on any atom is -0.306 e. The third-order valence-corrected chi connectivity index (χ3v) is 2.24. The second kappa shape index (κ2) is 3.98. The number of rotatable bonds is 1. The van der Waals surface area contributed by atoms with Crippen molar-refractivity contribution >= 4 is 18.9 Å². The lowest BCUT2D eigenvalue weighted by Gasteiger charge is -2.09. The first kappa shape index (κ1) is 8.08. The van der Waals surface area contributed by atoms with Crippen molar-refractivity contribution < 1.29 is 4.79 Å². The standard InChI is InChI=1S/C7H13NOS/c9-5-6-2-1-3-8-7(10)4-6/h5-8,10H,1-4H2. The Morgan fingerprint density at radius 1 is 1.60 bits per heavy atom. The Morgan fingerprint density at radius 2 is 2.40 bits per heavy atom. The van der Waals surface area contributed by atoms with Crippen LogP contribution in [0, 0.1) is 5.92 Å². The first-order chi connectivity index (χ1) is 4.83. The van der Waals surface area contributed by atoms with Crippen molar-refractivity contribution in [3.05, 3.63) is 0 Å². The van der Waals surface area contributed by atoms with Gasteiger partial charge in [0.05, 0.1) is 5.37 Å². The molecule has 1 aliphatic rings. The second-order valence-corrected chi connectivity index (χ2v) is 3.37. The molecule has 0 radical (unpaired) electrons. The summed E-state index contributed by atoms with van der Waals surface area (Å²) in [6, 6.07) is 0. The zero-order chi connectivity index (χ0) is 7.40. The number of aldehydes is 1. The third kappa shape index (κ3) is 2.31. The van der Waals surface area contributed by atoms with Crippen LogP contribution in [0.5, 0.6) is 0 Å². The van der Waals surface area contributed by atoms with Crippen LogP contribution in [0.25, 0.3) is 0 Å². The quantitative estimate of drug-likeness (QED) is 0.438. The van der Waals surface area contributed by atoms with Crippen LogP contribution in [0.1, 0.15) is 19.3 Å². The maximum atomic E-state index is 10.4. The molecule has 0 bridgehead atoms. The molecule has 10 heavy (non-hydrogen) atoms. The molecule has 0 aromatic heterocycles. The largest absolute Gasteiger partial charge is 0.306 e. The summed E-state index contributed by atoms with van der Waals surface area (Å²) in [6.45, 7) is 0.999. The van der Waals surface area contributed by atoms with Crippen molar-refractivity contribution in [1.29, 1.82) is 0 Å². The number of carbonyl (C=O) groups excluding carboxylic acids is 1. The average Bonchev–Trinajstić information content (AvgIpc) is 2.13. The summed E-state index contributed by atoms with van der Waals surface area (Å²) in [5.74, 6) is 0.234. The second-order valence-electron chi connectivity index (χ2n) is 2.74. The van der Waals surface area contributed by atoms with Gasteiger partial charge in [0.2, 0.25) is 0 Å². The van der Waals surface area contributed by atoms with Gasteiger partial charge in [0, 0.05) is 5.92 Å². The first-order valence-electron chi connectivity index (χ1n) is 3.69. The molecule has 58 valence electrons. The number of hydrogen-bond donors (Lipinski definition) is 2. The highest BCUT2D eigenvalue weighted by Gasteiger charge is 2.15. The molecule has 0 amide bonds. The number of nitrogens with one attached hydrogen (secondary N) is 1. The Morgan fingerprint density at radius 3 is 3.10 bits per heavy atom. The van der Waals surface area contributed by atoms with Crippen molar-refractivity contribution in [1.82, 2.24) is 5.32 Å². The lowest BCUT2D eigenvalue weighted by Crippen LogP contribution is -2.23. The molecule has 0 aromatic carbocycles. The topological polar surface area (TPSA) is 29.1 Å². The fourth-order valence-corrected chi connectivity index (χ4v) is 1.64. The molecule has 2 nitrogen and oxygen atoms in total. The summed E-state index contributed by atoms with van der Waals surface area (Å²) >= 11 is 4.27. The van der Waals surface area contributed by atoms with E-state index in [1.54, 1.807) is 0 Å². The molecule has 1 aliphatic heterocycles. The van der Waals surface area contributed by atoms with E-state index >= 15 is 0 Å². The molecule has 3 heteroatoms. The third-order valence-electron chi connectivity index (χ3n) is 1.85. The van der Waals surface area contributed by atoms with Crippen LogP contribution in [-0.4, -0.2) is 18.2 Å². The lowest BCUT2D eigenvalue weighted by molar-refractivity contribution is -0.111. The van der Waals surface area contributed by atoms with E-state index < -0.39 is 0 Å². The van der Waals surface area contributed by atoms with Crippen LogP contribution in [0.3, 0.4) is 0 Å². The van der Waals surface area contributed by atoms with Gasteiger partial charge in [-0.15, -0.1) is 0 Å². The lowest BCUT2D eigenvalue weighted by atomic mass is 10.0. The van der Waals surface area contributed by atoms with E-state index in [1.807, 2.05) is 0 Å². The summed E-state index contributed by atoms with van der Waals surface area (Å²) in [7, 11) is 0.